The number of amides is 1. The highest BCUT2D eigenvalue weighted by Gasteiger charge is 2.20. The van der Waals surface area contributed by atoms with Gasteiger partial charge in [-0.1, -0.05) is 44.2 Å². The summed E-state index contributed by atoms with van der Waals surface area (Å²) < 4.78 is 12.4. The van der Waals surface area contributed by atoms with E-state index in [2.05, 4.69) is 5.32 Å². The number of nitrogens with one attached hydrogen (secondary N) is 1. The van der Waals surface area contributed by atoms with E-state index in [1.165, 1.54) is 0 Å². The van der Waals surface area contributed by atoms with Crippen molar-refractivity contribution in [3.05, 3.63) is 64.6 Å². The summed E-state index contributed by atoms with van der Waals surface area (Å²) in [6.07, 6.45) is -1.13. The molecule has 0 unspecified atom stereocenters. The average molecular weight is 424 g/mol. The van der Waals surface area contributed by atoms with E-state index in [0.29, 0.717) is 36.6 Å². The zero-order chi connectivity index (χ0) is 22.4. The lowest BCUT2D eigenvalue weighted by Crippen LogP contribution is -2.31. The van der Waals surface area contributed by atoms with Gasteiger partial charge < -0.3 is 24.5 Å². The van der Waals surface area contributed by atoms with Crippen LogP contribution in [0.4, 0.5) is 4.79 Å². The highest BCUT2D eigenvalue weighted by molar-refractivity contribution is 5.98. The highest BCUT2D eigenvalue weighted by Crippen LogP contribution is 2.33. The van der Waals surface area contributed by atoms with Gasteiger partial charge in [0.15, 0.2) is 0 Å². The van der Waals surface area contributed by atoms with Crippen LogP contribution < -0.4 is 15.6 Å². The van der Waals surface area contributed by atoms with Crippen molar-refractivity contribution >= 4 is 16.9 Å². The van der Waals surface area contributed by atoms with E-state index >= 15 is 0 Å². The molecule has 3 rings (SSSR count). The summed E-state index contributed by atoms with van der Waals surface area (Å²) in [6.45, 7) is 5.39. The Morgan fingerprint density at radius 3 is 2.48 bits per heavy atom. The molecule has 0 saturated carbocycles. The summed E-state index contributed by atoms with van der Waals surface area (Å²) in [5.41, 5.74) is 2.24. The molecule has 0 aliphatic rings. The molecule has 0 fully saturated rings. The summed E-state index contributed by atoms with van der Waals surface area (Å²) in [5.74, 6) is 0.789. The van der Waals surface area contributed by atoms with E-state index in [1.807, 2.05) is 56.3 Å². The Bertz CT molecular complexity index is 1110. The molecule has 0 radical (unpaired) electrons. The number of hydrogen-bond donors (Lipinski definition) is 2. The second kappa shape index (κ2) is 10.1. The Hall–Kier alpha value is -3.32. The predicted octanol–water partition coefficient (Wildman–Crippen LogP) is 4.12. The molecule has 0 saturated heterocycles. The van der Waals surface area contributed by atoms with Crippen LogP contribution in [0.5, 0.6) is 5.75 Å². The van der Waals surface area contributed by atoms with Crippen molar-refractivity contribution in [2.45, 2.75) is 26.9 Å². The van der Waals surface area contributed by atoms with E-state index in [1.54, 1.807) is 17.7 Å². The second-order valence-corrected chi connectivity index (χ2v) is 7.70. The molecule has 0 atom stereocenters. The van der Waals surface area contributed by atoms with E-state index in [4.69, 9.17) is 9.47 Å². The van der Waals surface area contributed by atoms with Crippen molar-refractivity contribution in [3.8, 4) is 16.9 Å². The molecule has 164 valence electrons. The lowest BCUT2D eigenvalue weighted by Gasteiger charge is -2.22. The largest absolute Gasteiger partial charge is 0.491 e. The molecule has 2 N–H and O–H groups in total. The maximum absolute atomic E-state index is 13.5. The SMILES string of the molecule is COCCOc1ccc2c(-c3ccccc3)c(CNC(=O)O)n(CC(C)C)c(=O)c2c1. The summed E-state index contributed by atoms with van der Waals surface area (Å²) in [6, 6.07) is 15.2. The van der Waals surface area contributed by atoms with Gasteiger partial charge in [0.1, 0.15) is 12.4 Å². The van der Waals surface area contributed by atoms with Gasteiger partial charge in [-0.15, -0.1) is 0 Å². The first kappa shape index (κ1) is 22.4. The molecule has 1 heterocycles. The van der Waals surface area contributed by atoms with E-state index in [-0.39, 0.29) is 18.0 Å². The number of methoxy groups -OCH3 is 1. The number of ether oxygens (including phenoxy) is 2. The van der Waals surface area contributed by atoms with Crippen molar-refractivity contribution in [2.75, 3.05) is 20.3 Å². The van der Waals surface area contributed by atoms with Crippen LogP contribution in [0.2, 0.25) is 0 Å². The van der Waals surface area contributed by atoms with Gasteiger partial charge in [0.2, 0.25) is 0 Å². The minimum Gasteiger partial charge on any atom is -0.491 e. The summed E-state index contributed by atoms with van der Waals surface area (Å²) in [5, 5.41) is 12.9. The molecular weight excluding hydrogens is 396 g/mol. The topological polar surface area (TPSA) is 89.8 Å². The van der Waals surface area contributed by atoms with Crippen LogP contribution in [0.1, 0.15) is 19.5 Å². The third-order valence-corrected chi connectivity index (χ3v) is 4.92. The highest BCUT2D eigenvalue weighted by atomic mass is 16.5. The Morgan fingerprint density at radius 2 is 1.84 bits per heavy atom. The number of carbonyl (C=O) groups is 1. The Kier molecular flexibility index (Phi) is 7.31. The molecule has 31 heavy (non-hydrogen) atoms. The number of hydrogen-bond acceptors (Lipinski definition) is 4. The monoisotopic (exact) mass is 424 g/mol. The Labute approximate surface area is 181 Å². The number of benzene rings is 2. The van der Waals surface area contributed by atoms with Gasteiger partial charge in [-0.3, -0.25) is 4.79 Å². The second-order valence-electron chi connectivity index (χ2n) is 7.70. The number of nitrogens with zero attached hydrogens (tertiary/aromatic N) is 1. The third-order valence-electron chi connectivity index (χ3n) is 4.92. The van der Waals surface area contributed by atoms with Crippen molar-refractivity contribution < 1.29 is 19.4 Å². The molecule has 0 aliphatic carbocycles. The van der Waals surface area contributed by atoms with Gasteiger partial charge in [-0.25, -0.2) is 4.79 Å². The molecule has 7 heteroatoms. The maximum Gasteiger partial charge on any atom is 0.404 e. The van der Waals surface area contributed by atoms with Gasteiger partial charge in [0.25, 0.3) is 5.56 Å². The van der Waals surface area contributed by atoms with Crippen LogP contribution >= 0.6 is 0 Å². The number of aromatic nitrogens is 1. The molecule has 2 aromatic carbocycles. The van der Waals surface area contributed by atoms with Crippen LogP contribution in [0.25, 0.3) is 21.9 Å². The number of rotatable bonds is 9. The zero-order valence-electron chi connectivity index (χ0n) is 18.1. The fourth-order valence-electron chi connectivity index (χ4n) is 3.64. The van der Waals surface area contributed by atoms with Crippen LogP contribution in [0, 0.1) is 5.92 Å². The van der Waals surface area contributed by atoms with Crippen LogP contribution in [0.15, 0.2) is 53.3 Å². The first-order valence-corrected chi connectivity index (χ1v) is 10.3. The maximum atomic E-state index is 13.5. The molecule has 7 nitrogen and oxygen atoms in total. The smallest absolute Gasteiger partial charge is 0.404 e. The van der Waals surface area contributed by atoms with E-state index in [9.17, 15) is 14.7 Å². The summed E-state index contributed by atoms with van der Waals surface area (Å²) in [4.78, 5) is 24.7. The molecule has 1 amide bonds. The Morgan fingerprint density at radius 1 is 1.10 bits per heavy atom. The van der Waals surface area contributed by atoms with Crippen LogP contribution in [-0.2, 0) is 17.8 Å². The minimum atomic E-state index is -1.13. The van der Waals surface area contributed by atoms with Crippen molar-refractivity contribution in [1.82, 2.24) is 9.88 Å². The first-order valence-electron chi connectivity index (χ1n) is 10.3. The quantitative estimate of drug-likeness (QED) is 0.505. The van der Waals surface area contributed by atoms with Gasteiger partial charge in [-0.05, 0) is 35.1 Å². The Balaban J connectivity index is 2.29. The van der Waals surface area contributed by atoms with Gasteiger partial charge in [0, 0.05) is 24.9 Å². The van der Waals surface area contributed by atoms with Crippen LogP contribution in [-0.4, -0.2) is 36.1 Å². The molecule has 1 aromatic heterocycles. The lowest BCUT2D eigenvalue weighted by atomic mass is 9.96. The zero-order valence-corrected chi connectivity index (χ0v) is 18.1. The lowest BCUT2D eigenvalue weighted by molar-refractivity contribution is 0.146. The fourth-order valence-corrected chi connectivity index (χ4v) is 3.64. The number of fused-ring (bicyclic) bond motifs is 1. The molecular formula is C24H28N2O5. The average Bonchev–Trinajstić information content (AvgIpc) is 2.75. The van der Waals surface area contributed by atoms with Gasteiger partial charge in [0.05, 0.1) is 18.5 Å². The first-order chi connectivity index (χ1) is 14.9. The number of carboxylic acid groups (broad SMARTS) is 1. The summed E-state index contributed by atoms with van der Waals surface area (Å²) >= 11 is 0. The fraction of sp³-hybridized carbons (Fsp3) is 0.333. The number of pyridine rings is 1. The van der Waals surface area contributed by atoms with Crippen molar-refractivity contribution in [1.29, 1.82) is 0 Å². The predicted molar refractivity (Wildman–Crippen MR) is 121 cm³/mol. The van der Waals surface area contributed by atoms with Gasteiger partial charge >= 0.3 is 6.09 Å². The van der Waals surface area contributed by atoms with E-state index in [0.717, 1.165) is 16.5 Å². The molecule has 3 aromatic rings. The molecule has 0 aliphatic heterocycles. The molecule has 0 spiro atoms. The standard InChI is InChI=1S/C24H28N2O5/c1-16(2)15-26-21(14-25-24(28)29)22(17-7-5-4-6-8-17)19-10-9-18(31-12-11-30-3)13-20(19)23(26)27/h4-10,13,16,25H,11-12,14-15H2,1-3H3,(H,28,29). The third kappa shape index (κ3) is 5.24. The van der Waals surface area contributed by atoms with Crippen molar-refractivity contribution in [2.24, 2.45) is 5.92 Å². The minimum absolute atomic E-state index is 0.0313. The summed E-state index contributed by atoms with van der Waals surface area (Å²) in [7, 11) is 1.60. The van der Waals surface area contributed by atoms with Gasteiger partial charge in [-0.2, -0.15) is 0 Å². The normalized spacial score (nSPS) is 11.1. The van der Waals surface area contributed by atoms with Crippen molar-refractivity contribution in [3.63, 3.8) is 0 Å². The molecule has 0 bridgehead atoms. The van der Waals surface area contributed by atoms with E-state index < -0.39 is 6.09 Å². The van der Waals surface area contributed by atoms with Crippen LogP contribution in [0.3, 0.4) is 0 Å².